The molecule has 0 heterocycles. The summed E-state index contributed by atoms with van der Waals surface area (Å²) in [5.41, 5.74) is 2.27. The molecule has 5 heteroatoms. The Balaban J connectivity index is 1.62. The summed E-state index contributed by atoms with van der Waals surface area (Å²) in [7, 11) is 0. The molecule has 116 valence electrons. The molecular weight excluding hydrogens is 300 g/mol. The molecule has 0 aromatic heterocycles. The maximum absolute atomic E-state index is 11.6. The number of hydrogen-bond acceptors (Lipinski definition) is 2. The molecule has 0 aliphatic carbocycles. The van der Waals surface area contributed by atoms with Crippen LogP contribution in [0.15, 0.2) is 48.5 Å². The molecule has 0 aliphatic heterocycles. The van der Waals surface area contributed by atoms with E-state index in [2.05, 4.69) is 10.6 Å². The van der Waals surface area contributed by atoms with E-state index in [4.69, 9.17) is 16.3 Å². The Hall–Kier alpha value is -2.20. The average molecular weight is 319 g/mol. The Morgan fingerprint density at radius 2 is 1.91 bits per heavy atom. The third-order valence-electron chi connectivity index (χ3n) is 3.03. The molecule has 2 aromatic carbocycles. The van der Waals surface area contributed by atoms with Crippen LogP contribution in [0, 0.1) is 6.92 Å². The Morgan fingerprint density at radius 1 is 1.14 bits per heavy atom. The van der Waals surface area contributed by atoms with E-state index in [0.717, 1.165) is 5.56 Å². The van der Waals surface area contributed by atoms with Crippen molar-refractivity contribution in [2.24, 2.45) is 0 Å². The fraction of sp³-hybridized carbons (Fsp3) is 0.235. The zero-order valence-electron chi connectivity index (χ0n) is 12.4. The number of hydrogen-bond donors (Lipinski definition) is 2. The molecule has 4 nitrogen and oxygen atoms in total. The summed E-state index contributed by atoms with van der Waals surface area (Å²) >= 11 is 5.86. The van der Waals surface area contributed by atoms with Gasteiger partial charge < -0.3 is 15.4 Å². The molecule has 0 atom stereocenters. The van der Waals surface area contributed by atoms with E-state index in [1.807, 2.05) is 43.3 Å². The third-order valence-corrected chi connectivity index (χ3v) is 3.26. The number of carbonyl (C=O) groups excluding carboxylic acids is 1. The molecule has 0 spiro atoms. The normalized spacial score (nSPS) is 10.1. The highest BCUT2D eigenvalue weighted by Crippen LogP contribution is 2.16. The van der Waals surface area contributed by atoms with Crippen molar-refractivity contribution in [3.05, 3.63) is 64.7 Å². The number of aryl methyl sites for hydroxylation is 1. The van der Waals surface area contributed by atoms with Crippen molar-refractivity contribution < 1.29 is 9.53 Å². The Kier molecular flexibility index (Phi) is 6.10. The lowest BCUT2D eigenvalue weighted by Crippen LogP contribution is -2.37. The number of benzene rings is 2. The van der Waals surface area contributed by atoms with Crippen LogP contribution in [0.1, 0.15) is 11.1 Å². The summed E-state index contributed by atoms with van der Waals surface area (Å²) in [6, 6.07) is 15.0. The lowest BCUT2D eigenvalue weighted by molar-refractivity contribution is 0.236. The number of rotatable bonds is 6. The SMILES string of the molecule is Cc1ccc(CNC(=O)NCCOc2cccc(Cl)c2)cc1. The summed E-state index contributed by atoms with van der Waals surface area (Å²) in [5.74, 6) is 0.689. The first-order valence-electron chi connectivity index (χ1n) is 7.09. The van der Waals surface area contributed by atoms with E-state index < -0.39 is 0 Å². The van der Waals surface area contributed by atoms with Gasteiger partial charge in [-0.3, -0.25) is 0 Å². The fourth-order valence-electron chi connectivity index (χ4n) is 1.84. The maximum Gasteiger partial charge on any atom is 0.315 e. The van der Waals surface area contributed by atoms with Gasteiger partial charge in [-0.05, 0) is 30.7 Å². The quantitative estimate of drug-likeness (QED) is 0.801. The first-order valence-corrected chi connectivity index (χ1v) is 7.47. The van der Waals surface area contributed by atoms with Crippen molar-refractivity contribution in [3.63, 3.8) is 0 Å². The van der Waals surface area contributed by atoms with Crippen molar-refractivity contribution >= 4 is 17.6 Å². The van der Waals surface area contributed by atoms with Gasteiger partial charge in [0.1, 0.15) is 12.4 Å². The molecule has 0 saturated heterocycles. The van der Waals surface area contributed by atoms with Crippen LogP contribution in [0.5, 0.6) is 5.75 Å². The highest BCUT2D eigenvalue weighted by molar-refractivity contribution is 6.30. The van der Waals surface area contributed by atoms with E-state index in [-0.39, 0.29) is 6.03 Å². The van der Waals surface area contributed by atoms with Gasteiger partial charge in [0.2, 0.25) is 0 Å². The predicted octanol–water partition coefficient (Wildman–Crippen LogP) is 3.53. The number of amides is 2. The zero-order chi connectivity index (χ0) is 15.8. The van der Waals surface area contributed by atoms with Crippen molar-refractivity contribution in [1.29, 1.82) is 0 Å². The van der Waals surface area contributed by atoms with Crippen LogP contribution in [0.2, 0.25) is 5.02 Å². The minimum Gasteiger partial charge on any atom is -0.492 e. The minimum absolute atomic E-state index is 0.213. The Labute approximate surface area is 135 Å². The lowest BCUT2D eigenvalue weighted by atomic mass is 10.1. The van der Waals surface area contributed by atoms with Gasteiger partial charge in [-0.25, -0.2) is 4.79 Å². The van der Waals surface area contributed by atoms with Gasteiger partial charge in [0.25, 0.3) is 0 Å². The molecule has 2 amide bonds. The molecule has 2 N–H and O–H groups in total. The minimum atomic E-state index is -0.213. The van der Waals surface area contributed by atoms with Crippen LogP contribution in [0.3, 0.4) is 0 Å². The fourth-order valence-corrected chi connectivity index (χ4v) is 2.02. The van der Waals surface area contributed by atoms with Gasteiger partial charge in [0.05, 0.1) is 6.54 Å². The van der Waals surface area contributed by atoms with Crippen LogP contribution in [0.4, 0.5) is 4.79 Å². The molecule has 22 heavy (non-hydrogen) atoms. The van der Waals surface area contributed by atoms with Crippen LogP contribution in [-0.2, 0) is 6.54 Å². The smallest absolute Gasteiger partial charge is 0.315 e. The van der Waals surface area contributed by atoms with Crippen LogP contribution in [0.25, 0.3) is 0 Å². The molecule has 0 bridgehead atoms. The standard InChI is InChI=1S/C17H19ClN2O2/c1-13-5-7-14(8-6-13)12-20-17(21)19-9-10-22-16-4-2-3-15(18)11-16/h2-8,11H,9-10,12H2,1H3,(H2,19,20,21). The molecule has 0 unspecified atom stereocenters. The van der Waals surface area contributed by atoms with E-state index in [1.165, 1.54) is 5.56 Å². The van der Waals surface area contributed by atoms with Crippen LogP contribution >= 0.6 is 11.6 Å². The van der Waals surface area contributed by atoms with Gasteiger partial charge in [-0.1, -0.05) is 47.5 Å². The number of nitrogens with one attached hydrogen (secondary N) is 2. The maximum atomic E-state index is 11.6. The topological polar surface area (TPSA) is 50.4 Å². The number of urea groups is 1. The molecule has 0 fully saturated rings. The van der Waals surface area contributed by atoms with E-state index in [9.17, 15) is 4.79 Å². The Bertz CT molecular complexity index is 614. The zero-order valence-corrected chi connectivity index (χ0v) is 13.2. The summed E-state index contributed by atoms with van der Waals surface area (Å²) < 4.78 is 5.49. The van der Waals surface area contributed by atoms with E-state index in [0.29, 0.717) is 30.5 Å². The summed E-state index contributed by atoms with van der Waals surface area (Å²) in [6.45, 7) is 3.34. The van der Waals surface area contributed by atoms with Gasteiger partial charge in [-0.2, -0.15) is 0 Å². The summed E-state index contributed by atoms with van der Waals surface area (Å²) in [5, 5.41) is 6.17. The largest absolute Gasteiger partial charge is 0.492 e. The van der Waals surface area contributed by atoms with Crippen LogP contribution in [-0.4, -0.2) is 19.2 Å². The second kappa shape index (κ2) is 8.29. The molecule has 2 rings (SSSR count). The second-order valence-corrected chi connectivity index (χ2v) is 5.34. The summed E-state index contributed by atoms with van der Waals surface area (Å²) in [4.78, 5) is 11.6. The van der Waals surface area contributed by atoms with Gasteiger partial charge in [0, 0.05) is 11.6 Å². The number of halogens is 1. The van der Waals surface area contributed by atoms with E-state index in [1.54, 1.807) is 12.1 Å². The highest BCUT2D eigenvalue weighted by Gasteiger charge is 2.00. The summed E-state index contributed by atoms with van der Waals surface area (Å²) in [6.07, 6.45) is 0. The Morgan fingerprint density at radius 3 is 2.64 bits per heavy atom. The monoisotopic (exact) mass is 318 g/mol. The molecular formula is C17H19ClN2O2. The third kappa shape index (κ3) is 5.66. The molecule has 0 aliphatic rings. The molecule has 0 radical (unpaired) electrons. The highest BCUT2D eigenvalue weighted by atomic mass is 35.5. The number of carbonyl (C=O) groups is 1. The molecule has 0 saturated carbocycles. The van der Waals surface area contributed by atoms with Crippen molar-refractivity contribution in [2.45, 2.75) is 13.5 Å². The van der Waals surface area contributed by atoms with Crippen molar-refractivity contribution in [1.82, 2.24) is 10.6 Å². The van der Waals surface area contributed by atoms with Gasteiger partial charge in [-0.15, -0.1) is 0 Å². The predicted molar refractivity (Wildman–Crippen MR) is 88.4 cm³/mol. The lowest BCUT2D eigenvalue weighted by Gasteiger charge is -2.09. The second-order valence-electron chi connectivity index (χ2n) is 4.90. The van der Waals surface area contributed by atoms with Crippen LogP contribution < -0.4 is 15.4 Å². The van der Waals surface area contributed by atoms with Gasteiger partial charge >= 0.3 is 6.03 Å². The van der Waals surface area contributed by atoms with Crippen molar-refractivity contribution in [3.8, 4) is 5.75 Å². The first-order chi connectivity index (χ1) is 10.6. The van der Waals surface area contributed by atoms with Crippen molar-refractivity contribution in [2.75, 3.05) is 13.2 Å². The first kappa shape index (κ1) is 16.2. The number of ether oxygens (including phenoxy) is 1. The van der Waals surface area contributed by atoms with E-state index >= 15 is 0 Å². The van der Waals surface area contributed by atoms with Gasteiger partial charge in [0.15, 0.2) is 0 Å². The average Bonchev–Trinajstić information content (AvgIpc) is 2.51. The molecule has 2 aromatic rings.